The van der Waals surface area contributed by atoms with Crippen LogP contribution in [0.25, 0.3) is 11.0 Å². The van der Waals surface area contributed by atoms with E-state index in [0.717, 1.165) is 37.6 Å². The summed E-state index contributed by atoms with van der Waals surface area (Å²) in [4.78, 5) is 20.8. The maximum Gasteiger partial charge on any atom is 0.252 e. The van der Waals surface area contributed by atoms with Crippen LogP contribution in [0.3, 0.4) is 0 Å². The number of nitrogens with zero attached hydrogens (tertiary/aromatic N) is 3. The molecule has 1 aliphatic carbocycles. The molecule has 1 aromatic carbocycles. The maximum absolute atomic E-state index is 12.4. The van der Waals surface area contributed by atoms with E-state index in [4.69, 9.17) is 0 Å². The topological polar surface area (TPSA) is 78.7 Å². The lowest BCUT2D eigenvalue weighted by Crippen LogP contribution is -2.48. The van der Waals surface area contributed by atoms with Gasteiger partial charge in [0, 0.05) is 18.0 Å². The third-order valence-electron chi connectivity index (χ3n) is 4.01. The van der Waals surface area contributed by atoms with E-state index in [-0.39, 0.29) is 5.91 Å². The summed E-state index contributed by atoms with van der Waals surface area (Å²) in [5.74, 6) is -0.217. The molecule has 1 fully saturated rings. The normalized spacial score (nSPS) is 17.1. The van der Waals surface area contributed by atoms with Crippen molar-refractivity contribution in [1.82, 2.24) is 15.3 Å². The average molecular weight is 280 g/mol. The van der Waals surface area contributed by atoms with Gasteiger partial charge in [0.1, 0.15) is 5.54 Å². The first-order valence-corrected chi connectivity index (χ1v) is 7.17. The molecule has 0 unspecified atom stereocenters. The largest absolute Gasteiger partial charge is 0.334 e. The van der Waals surface area contributed by atoms with Gasteiger partial charge < -0.3 is 5.32 Å². The number of amides is 1. The molecule has 0 aliphatic heterocycles. The molecule has 1 saturated carbocycles. The number of rotatable bonds is 2. The standard InChI is InChI=1S/C16H16N4O/c17-11-16(6-2-1-3-7-16)20-15(21)12-4-5-13-14(10-12)19-9-8-18-13/h4-5,8-10H,1-3,6-7H2,(H,20,21). The van der Waals surface area contributed by atoms with Crippen LogP contribution >= 0.6 is 0 Å². The Hall–Kier alpha value is -2.48. The van der Waals surface area contributed by atoms with Crippen molar-refractivity contribution in [3.63, 3.8) is 0 Å². The SMILES string of the molecule is N#CC1(NC(=O)c2ccc3nccnc3c2)CCCCC1. The van der Waals surface area contributed by atoms with E-state index in [2.05, 4.69) is 21.4 Å². The second-order valence-electron chi connectivity index (χ2n) is 5.47. The minimum absolute atomic E-state index is 0.217. The summed E-state index contributed by atoms with van der Waals surface area (Å²) in [6, 6.07) is 7.51. The average Bonchev–Trinajstić information content (AvgIpc) is 2.55. The number of fused-ring (bicyclic) bond motifs is 1. The number of carbonyl (C=O) groups is 1. The Labute approximate surface area is 123 Å². The highest BCUT2D eigenvalue weighted by Crippen LogP contribution is 2.28. The van der Waals surface area contributed by atoms with Crippen molar-refractivity contribution in [2.75, 3.05) is 0 Å². The molecule has 21 heavy (non-hydrogen) atoms. The number of aromatic nitrogens is 2. The van der Waals surface area contributed by atoms with E-state index in [1.807, 2.05) is 0 Å². The van der Waals surface area contributed by atoms with Crippen molar-refractivity contribution in [3.05, 3.63) is 36.2 Å². The zero-order chi connectivity index (χ0) is 14.7. The van der Waals surface area contributed by atoms with Crippen LogP contribution in [0.15, 0.2) is 30.6 Å². The minimum atomic E-state index is -0.716. The Kier molecular flexibility index (Phi) is 3.53. The van der Waals surface area contributed by atoms with Gasteiger partial charge in [-0.2, -0.15) is 5.26 Å². The van der Waals surface area contributed by atoms with Crippen LogP contribution in [0, 0.1) is 11.3 Å². The predicted octanol–water partition coefficient (Wildman–Crippen LogP) is 2.59. The smallest absolute Gasteiger partial charge is 0.252 e. The van der Waals surface area contributed by atoms with Gasteiger partial charge in [0.05, 0.1) is 17.1 Å². The van der Waals surface area contributed by atoms with E-state index < -0.39 is 5.54 Å². The molecular weight excluding hydrogens is 264 g/mol. The number of carbonyl (C=O) groups excluding carboxylic acids is 1. The zero-order valence-electron chi connectivity index (χ0n) is 11.7. The summed E-state index contributed by atoms with van der Waals surface area (Å²) in [5.41, 5.74) is 1.23. The molecule has 2 aromatic rings. The quantitative estimate of drug-likeness (QED) is 0.917. The molecule has 1 heterocycles. The van der Waals surface area contributed by atoms with Crippen molar-refractivity contribution >= 4 is 16.9 Å². The summed E-state index contributed by atoms with van der Waals surface area (Å²) >= 11 is 0. The van der Waals surface area contributed by atoms with Crippen LogP contribution in [0.2, 0.25) is 0 Å². The molecule has 0 bridgehead atoms. The van der Waals surface area contributed by atoms with Crippen molar-refractivity contribution in [1.29, 1.82) is 5.26 Å². The minimum Gasteiger partial charge on any atom is -0.334 e. The van der Waals surface area contributed by atoms with Crippen LogP contribution < -0.4 is 5.32 Å². The fourth-order valence-electron chi connectivity index (χ4n) is 2.81. The molecule has 5 nitrogen and oxygen atoms in total. The second-order valence-corrected chi connectivity index (χ2v) is 5.47. The van der Waals surface area contributed by atoms with Gasteiger partial charge in [-0.1, -0.05) is 19.3 Å². The fourth-order valence-corrected chi connectivity index (χ4v) is 2.81. The first-order valence-electron chi connectivity index (χ1n) is 7.17. The van der Waals surface area contributed by atoms with E-state index >= 15 is 0 Å². The number of nitrogens with one attached hydrogen (secondary N) is 1. The fraction of sp³-hybridized carbons (Fsp3) is 0.375. The molecule has 1 aliphatic rings. The van der Waals surface area contributed by atoms with Gasteiger partial charge in [-0.15, -0.1) is 0 Å². The van der Waals surface area contributed by atoms with E-state index in [9.17, 15) is 10.1 Å². The molecule has 1 aromatic heterocycles. The summed E-state index contributed by atoms with van der Waals surface area (Å²) in [5, 5.41) is 12.3. The lowest BCUT2D eigenvalue weighted by atomic mass is 9.82. The molecule has 0 spiro atoms. The van der Waals surface area contributed by atoms with E-state index in [1.165, 1.54) is 0 Å². The molecule has 0 atom stereocenters. The molecule has 106 valence electrons. The van der Waals surface area contributed by atoms with Gasteiger partial charge >= 0.3 is 0 Å². The second kappa shape index (κ2) is 5.49. The first-order chi connectivity index (χ1) is 10.2. The summed E-state index contributed by atoms with van der Waals surface area (Å²) < 4.78 is 0. The third kappa shape index (κ3) is 2.70. The molecule has 0 radical (unpaired) electrons. The highest BCUT2D eigenvalue weighted by atomic mass is 16.1. The van der Waals surface area contributed by atoms with Gasteiger partial charge in [-0.05, 0) is 31.0 Å². The maximum atomic E-state index is 12.4. The van der Waals surface area contributed by atoms with Gasteiger partial charge in [0.15, 0.2) is 0 Å². The molecular formula is C16H16N4O. The number of hydrogen-bond acceptors (Lipinski definition) is 4. The molecule has 0 saturated heterocycles. The van der Waals surface area contributed by atoms with Crippen LogP contribution in [-0.4, -0.2) is 21.4 Å². The van der Waals surface area contributed by atoms with Crippen molar-refractivity contribution in [2.45, 2.75) is 37.6 Å². The molecule has 5 heteroatoms. The highest BCUT2D eigenvalue weighted by molar-refractivity contribution is 5.97. The Balaban J connectivity index is 1.85. The van der Waals surface area contributed by atoms with Crippen LogP contribution in [0.5, 0.6) is 0 Å². The Morgan fingerprint density at radius 3 is 2.57 bits per heavy atom. The first kappa shape index (κ1) is 13.5. The third-order valence-corrected chi connectivity index (χ3v) is 4.01. The number of nitriles is 1. The van der Waals surface area contributed by atoms with Crippen molar-refractivity contribution in [3.8, 4) is 6.07 Å². The Morgan fingerprint density at radius 2 is 1.86 bits per heavy atom. The van der Waals surface area contributed by atoms with Crippen molar-refractivity contribution in [2.24, 2.45) is 0 Å². The van der Waals surface area contributed by atoms with Crippen LogP contribution in [-0.2, 0) is 0 Å². The molecule has 1 N–H and O–H groups in total. The van der Waals surface area contributed by atoms with Crippen molar-refractivity contribution < 1.29 is 4.79 Å². The van der Waals surface area contributed by atoms with Gasteiger partial charge in [-0.3, -0.25) is 14.8 Å². The molecule has 3 rings (SSSR count). The van der Waals surface area contributed by atoms with Gasteiger partial charge in [0.2, 0.25) is 0 Å². The van der Waals surface area contributed by atoms with E-state index in [1.54, 1.807) is 30.6 Å². The monoisotopic (exact) mass is 280 g/mol. The van der Waals surface area contributed by atoms with Gasteiger partial charge in [0.25, 0.3) is 5.91 Å². The Morgan fingerprint density at radius 1 is 1.14 bits per heavy atom. The van der Waals surface area contributed by atoms with Crippen LogP contribution in [0.4, 0.5) is 0 Å². The number of benzene rings is 1. The molecule has 1 amide bonds. The summed E-state index contributed by atoms with van der Waals surface area (Å²) in [6.45, 7) is 0. The highest BCUT2D eigenvalue weighted by Gasteiger charge is 2.33. The zero-order valence-corrected chi connectivity index (χ0v) is 11.7. The van der Waals surface area contributed by atoms with E-state index in [0.29, 0.717) is 11.1 Å². The van der Waals surface area contributed by atoms with Crippen LogP contribution in [0.1, 0.15) is 42.5 Å². The summed E-state index contributed by atoms with van der Waals surface area (Å²) in [6.07, 6.45) is 7.76. The number of hydrogen-bond donors (Lipinski definition) is 1. The lowest BCUT2D eigenvalue weighted by Gasteiger charge is -2.31. The van der Waals surface area contributed by atoms with Gasteiger partial charge in [-0.25, -0.2) is 0 Å². The lowest BCUT2D eigenvalue weighted by molar-refractivity contribution is 0.0903. The summed E-state index contributed by atoms with van der Waals surface area (Å²) in [7, 11) is 0. The Bertz CT molecular complexity index is 714. The predicted molar refractivity (Wildman–Crippen MR) is 78.4 cm³/mol.